The van der Waals surface area contributed by atoms with Crippen molar-refractivity contribution in [3.05, 3.63) is 42.5 Å². The molecule has 2 rings (SSSR count). The highest BCUT2D eigenvalue weighted by Crippen LogP contribution is 2.31. The molecule has 1 fully saturated rings. The van der Waals surface area contributed by atoms with E-state index in [0.717, 1.165) is 17.7 Å². The first-order valence-electron chi connectivity index (χ1n) is 6.90. The van der Waals surface area contributed by atoms with Crippen molar-refractivity contribution < 1.29 is 9.53 Å². The molecule has 108 valence electrons. The van der Waals surface area contributed by atoms with Crippen molar-refractivity contribution in [3.8, 4) is 5.75 Å². The second kappa shape index (κ2) is 5.67. The molecule has 1 amide bonds. The first-order chi connectivity index (χ1) is 9.51. The van der Waals surface area contributed by atoms with Gasteiger partial charge < -0.3 is 9.64 Å². The Hall–Kier alpha value is -1.81. The normalized spacial score (nSPS) is 25.9. The number of nitrogens with one attached hydrogen (secondary N) is 1. The summed E-state index contributed by atoms with van der Waals surface area (Å²) in [5.41, 5.74) is 0.584. The predicted octanol–water partition coefficient (Wildman–Crippen LogP) is 2.48. The summed E-state index contributed by atoms with van der Waals surface area (Å²) in [6.07, 6.45) is 2.40. The van der Waals surface area contributed by atoms with E-state index in [0.29, 0.717) is 6.61 Å². The Labute approximate surface area is 120 Å². The van der Waals surface area contributed by atoms with Crippen LogP contribution in [0.4, 0.5) is 0 Å². The maximum absolute atomic E-state index is 12.3. The SMILES string of the molecule is C=CCOc1ccc(C2NC(C)(CC)C(=O)N2C)cc1. The van der Waals surface area contributed by atoms with Gasteiger partial charge in [0.1, 0.15) is 18.5 Å². The Bertz CT molecular complexity index is 498. The quantitative estimate of drug-likeness (QED) is 0.839. The average molecular weight is 274 g/mol. The molecule has 2 atom stereocenters. The summed E-state index contributed by atoms with van der Waals surface area (Å²) in [5, 5.41) is 3.41. The molecule has 1 aromatic rings. The van der Waals surface area contributed by atoms with Gasteiger partial charge in [-0.25, -0.2) is 0 Å². The van der Waals surface area contributed by atoms with Gasteiger partial charge in [0.25, 0.3) is 0 Å². The highest BCUT2D eigenvalue weighted by Gasteiger charge is 2.45. The van der Waals surface area contributed by atoms with Crippen LogP contribution in [0.3, 0.4) is 0 Å². The second-order valence-corrected chi connectivity index (χ2v) is 5.32. The minimum atomic E-state index is -0.475. The molecule has 1 aromatic carbocycles. The van der Waals surface area contributed by atoms with E-state index in [1.54, 1.807) is 11.0 Å². The predicted molar refractivity (Wildman–Crippen MR) is 79.5 cm³/mol. The number of benzene rings is 1. The number of carbonyl (C=O) groups is 1. The number of hydrogen-bond donors (Lipinski definition) is 1. The molecule has 2 unspecified atom stereocenters. The molecule has 1 N–H and O–H groups in total. The fourth-order valence-corrected chi connectivity index (χ4v) is 2.43. The summed E-state index contributed by atoms with van der Waals surface area (Å²) < 4.78 is 5.46. The summed E-state index contributed by atoms with van der Waals surface area (Å²) in [5.74, 6) is 0.941. The lowest BCUT2D eigenvalue weighted by Crippen LogP contribution is -2.42. The van der Waals surface area contributed by atoms with Crippen LogP contribution in [-0.4, -0.2) is 30.0 Å². The Balaban J connectivity index is 2.16. The van der Waals surface area contributed by atoms with Gasteiger partial charge in [-0.05, 0) is 31.0 Å². The molecule has 4 nitrogen and oxygen atoms in total. The Morgan fingerprint density at radius 2 is 2.10 bits per heavy atom. The molecule has 0 aromatic heterocycles. The lowest BCUT2D eigenvalue weighted by Gasteiger charge is -2.20. The van der Waals surface area contributed by atoms with Crippen molar-refractivity contribution in [3.63, 3.8) is 0 Å². The van der Waals surface area contributed by atoms with Crippen molar-refractivity contribution in [2.24, 2.45) is 0 Å². The van der Waals surface area contributed by atoms with E-state index >= 15 is 0 Å². The molecular weight excluding hydrogens is 252 g/mol. The zero-order valence-electron chi connectivity index (χ0n) is 12.3. The highest BCUT2D eigenvalue weighted by atomic mass is 16.5. The van der Waals surface area contributed by atoms with Crippen LogP contribution in [0.25, 0.3) is 0 Å². The molecule has 1 saturated heterocycles. The zero-order chi connectivity index (χ0) is 14.8. The van der Waals surface area contributed by atoms with E-state index in [1.165, 1.54) is 0 Å². The van der Waals surface area contributed by atoms with E-state index in [9.17, 15) is 4.79 Å². The van der Waals surface area contributed by atoms with Gasteiger partial charge in [-0.2, -0.15) is 0 Å². The van der Waals surface area contributed by atoms with Gasteiger partial charge in [-0.15, -0.1) is 0 Å². The fraction of sp³-hybridized carbons (Fsp3) is 0.438. The first-order valence-corrected chi connectivity index (χ1v) is 6.90. The van der Waals surface area contributed by atoms with Gasteiger partial charge in [0.05, 0.1) is 5.54 Å². The first kappa shape index (κ1) is 14.6. The summed E-state index contributed by atoms with van der Waals surface area (Å²) >= 11 is 0. The molecule has 4 heteroatoms. The molecule has 0 aliphatic carbocycles. The monoisotopic (exact) mass is 274 g/mol. The fourth-order valence-electron chi connectivity index (χ4n) is 2.43. The number of nitrogens with zero attached hydrogens (tertiary/aromatic N) is 1. The number of carbonyl (C=O) groups excluding carboxylic acids is 1. The maximum Gasteiger partial charge on any atom is 0.243 e. The van der Waals surface area contributed by atoms with E-state index in [2.05, 4.69) is 11.9 Å². The van der Waals surface area contributed by atoms with Crippen molar-refractivity contribution in [2.45, 2.75) is 32.0 Å². The van der Waals surface area contributed by atoms with Crippen LogP contribution in [0.2, 0.25) is 0 Å². The standard InChI is InChI=1S/C16H22N2O2/c1-5-11-20-13-9-7-12(8-10-13)14-17-16(3,6-2)15(19)18(14)4/h5,7-10,14,17H,1,6,11H2,2-4H3. The summed E-state index contributed by atoms with van der Waals surface area (Å²) in [4.78, 5) is 14.0. The largest absolute Gasteiger partial charge is 0.490 e. The van der Waals surface area contributed by atoms with E-state index in [-0.39, 0.29) is 12.1 Å². The Morgan fingerprint density at radius 1 is 1.45 bits per heavy atom. The lowest BCUT2D eigenvalue weighted by molar-refractivity contribution is -0.131. The minimum Gasteiger partial charge on any atom is -0.490 e. The van der Waals surface area contributed by atoms with Gasteiger partial charge in [0.2, 0.25) is 5.91 Å². The van der Waals surface area contributed by atoms with E-state index in [1.807, 2.05) is 45.2 Å². The number of amides is 1. The third kappa shape index (κ3) is 2.56. The van der Waals surface area contributed by atoms with Gasteiger partial charge >= 0.3 is 0 Å². The van der Waals surface area contributed by atoms with Crippen LogP contribution in [0.5, 0.6) is 5.75 Å². The van der Waals surface area contributed by atoms with Crippen LogP contribution in [0.15, 0.2) is 36.9 Å². The van der Waals surface area contributed by atoms with Crippen molar-refractivity contribution in [2.75, 3.05) is 13.7 Å². The molecule has 1 aliphatic rings. The average Bonchev–Trinajstić information content (AvgIpc) is 2.71. The third-order valence-corrected chi connectivity index (χ3v) is 3.91. The van der Waals surface area contributed by atoms with E-state index in [4.69, 9.17) is 4.74 Å². The Morgan fingerprint density at radius 3 is 2.60 bits per heavy atom. The molecular formula is C16H22N2O2. The molecule has 0 spiro atoms. The topological polar surface area (TPSA) is 41.6 Å². The molecule has 1 aliphatic heterocycles. The maximum atomic E-state index is 12.3. The molecule has 0 bridgehead atoms. The second-order valence-electron chi connectivity index (χ2n) is 5.32. The van der Waals surface area contributed by atoms with Crippen LogP contribution >= 0.6 is 0 Å². The number of likely N-dealkylation sites (N-methyl/N-ethyl adjacent to an activating group) is 1. The molecule has 0 saturated carbocycles. The Kier molecular flexibility index (Phi) is 4.14. The van der Waals surface area contributed by atoms with Crippen LogP contribution < -0.4 is 10.1 Å². The number of rotatable bonds is 5. The van der Waals surface area contributed by atoms with Gasteiger partial charge in [-0.3, -0.25) is 10.1 Å². The van der Waals surface area contributed by atoms with E-state index < -0.39 is 5.54 Å². The van der Waals surface area contributed by atoms with Gasteiger partial charge in [0.15, 0.2) is 0 Å². The van der Waals surface area contributed by atoms with Crippen molar-refractivity contribution >= 4 is 5.91 Å². The van der Waals surface area contributed by atoms with Crippen LogP contribution in [-0.2, 0) is 4.79 Å². The third-order valence-electron chi connectivity index (χ3n) is 3.91. The minimum absolute atomic E-state index is 0.0825. The van der Waals surface area contributed by atoms with Crippen molar-refractivity contribution in [1.82, 2.24) is 10.2 Å². The zero-order valence-corrected chi connectivity index (χ0v) is 12.3. The van der Waals surface area contributed by atoms with Crippen LogP contribution in [0, 0.1) is 0 Å². The molecule has 1 heterocycles. The summed E-state index contributed by atoms with van der Waals surface area (Å²) in [6, 6.07) is 7.81. The van der Waals surface area contributed by atoms with Crippen molar-refractivity contribution in [1.29, 1.82) is 0 Å². The lowest BCUT2D eigenvalue weighted by atomic mass is 9.99. The van der Waals surface area contributed by atoms with Gasteiger partial charge in [0, 0.05) is 7.05 Å². The summed E-state index contributed by atoms with van der Waals surface area (Å²) in [7, 11) is 1.84. The van der Waals surface area contributed by atoms with Crippen LogP contribution in [0.1, 0.15) is 32.0 Å². The smallest absolute Gasteiger partial charge is 0.243 e. The number of ether oxygens (including phenoxy) is 1. The molecule has 20 heavy (non-hydrogen) atoms. The molecule has 0 radical (unpaired) electrons. The highest BCUT2D eigenvalue weighted by molar-refractivity contribution is 5.88. The summed E-state index contributed by atoms with van der Waals surface area (Å²) in [6.45, 7) is 8.09. The van der Waals surface area contributed by atoms with Gasteiger partial charge in [-0.1, -0.05) is 31.7 Å². The number of hydrogen-bond acceptors (Lipinski definition) is 3.